The molecule has 110 valence electrons. The fourth-order valence-electron chi connectivity index (χ4n) is 1.63. The monoisotopic (exact) mass is 374 g/mol. The highest BCUT2D eigenvalue weighted by atomic mass is 79.9. The molecule has 0 aliphatic heterocycles. The van der Waals surface area contributed by atoms with E-state index in [9.17, 15) is 18.0 Å². The minimum absolute atomic E-state index is 0.182. The number of thioether (sulfide) groups is 1. The molecule has 0 aromatic heterocycles. The van der Waals surface area contributed by atoms with E-state index < -0.39 is 11.7 Å². The van der Waals surface area contributed by atoms with Gasteiger partial charge in [0.15, 0.2) is 5.78 Å². The molecule has 6 heteroatoms. The molecule has 21 heavy (non-hydrogen) atoms. The zero-order valence-corrected chi connectivity index (χ0v) is 13.1. The summed E-state index contributed by atoms with van der Waals surface area (Å²) in [4.78, 5) is 12.9. The highest BCUT2D eigenvalue weighted by Crippen LogP contribution is 2.29. The van der Waals surface area contributed by atoms with Crippen molar-refractivity contribution in [1.29, 1.82) is 0 Å². The van der Waals surface area contributed by atoms with Crippen LogP contribution in [0.1, 0.15) is 15.9 Å². The molecule has 2 aromatic carbocycles. The largest absolute Gasteiger partial charge is 0.416 e. The summed E-state index contributed by atoms with van der Waals surface area (Å²) in [6, 6.07) is 11.8. The minimum atomic E-state index is -4.38. The van der Waals surface area contributed by atoms with Crippen molar-refractivity contribution in [2.24, 2.45) is 0 Å². The molecule has 2 aromatic rings. The van der Waals surface area contributed by atoms with E-state index in [1.807, 2.05) is 24.3 Å². The molecular weight excluding hydrogens is 365 g/mol. The molecule has 0 saturated heterocycles. The van der Waals surface area contributed by atoms with Crippen LogP contribution >= 0.6 is 27.7 Å². The summed E-state index contributed by atoms with van der Waals surface area (Å²) in [6.07, 6.45) is -4.38. The Kier molecular flexibility index (Phi) is 5.11. The molecule has 0 atom stereocenters. The molecule has 0 fully saturated rings. The van der Waals surface area contributed by atoms with Crippen molar-refractivity contribution in [3.63, 3.8) is 0 Å². The van der Waals surface area contributed by atoms with Gasteiger partial charge in [0.2, 0.25) is 0 Å². The normalized spacial score (nSPS) is 11.4. The number of hydrogen-bond acceptors (Lipinski definition) is 2. The lowest BCUT2D eigenvalue weighted by atomic mass is 10.1. The van der Waals surface area contributed by atoms with E-state index in [1.54, 1.807) is 0 Å². The van der Waals surface area contributed by atoms with Crippen LogP contribution in [0.4, 0.5) is 13.2 Å². The van der Waals surface area contributed by atoms with Crippen molar-refractivity contribution < 1.29 is 18.0 Å². The standard InChI is InChI=1S/C15H10BrF3OS/c16-12-2-1-3-13(8-12)21-9-14(20)10-4-6-11(7-5-10)15(17,18)19/h1-8H,9H2. The van der Waals surface area contributed by atoms with Gasteiger partial charge in [0.1, 0.15) is 0 Å². The van der Waals surface area contributed by atoms with E-state index in [2.05, 4.69) is 15.9 Å². The zero-order valence-electron chi connectivity index (χ0n) is 10.7. The molecule has 0 unspecified atom stereocenters. The number of rotatable bonds is 4. The average Bonchev–Trinajstić information content (AvgIpc) is 2.44. The van der Waals surface area contributed by atoms with E-state index in [0.717, 1.165) is 21.5 Å². The Morgan fingerprint density at radius 3 is 2.33 bits per heavy atom. The number of carbonyl (C=O) groups is 1. The van der Waals surface area contributed by atoms with E-state index >= 15 is 0 Å². The van der Waals surface area contributed by atoms with Crippen LogP contribution in [0.3, 0.4) is 0 Å². The first-order valence-electron chi connectivity index (χ1n) is 5.95. The third kappa shape index (κ3) is 4.61. The van der Waals surface area contributed by atoms with Gasteiger partial charge in [-0.25, -0.2) is 0 Å². The fourth-order valence-corrected chi connectivity index (χ4v) is 3.03. The molecular formula is C15H10BrF3OS. The van der Waals surface area contributed by atoms with Crippen molar-refractivity contribution in [3.8, 4) is 0 Å². The highest BCUT2D eigenvalue weighted by molar-refractivity contribution is 9.10. The van der Waals surface area contributed by atoms with Gasteiger partial charge >= 0.3 is 6.18 Å². The first-order valence-corrected chi connectivity index (χ1v) is 7.73. The average molecular weight is 375 g/mol. The second-order valence-electron chi connectivity index (χ2n) is 4.24. The minimum Gasteiger partial charge on any atom is -0.293 e. The van der Waals surface area contributed by atoms with Crippen molar-refractivity contribution >= 4 is 33.5 Å². The predicted octanol–water partition coefficient (Wildman–Crippen LogP) is 5.44. The molecule has 2 rings (SSSR count). The maximum atomic E-state index is 12.4. The van der Waals surface area contributed by atoms with E-state index in [0.29, 0.717) is 0 Å². The molecule has 0 bridgehead atoms. The van der Waals surface area contributed by atoms with Gasteiger partial charge < -0.3 is 0 Å². The van der Waals surface area contributed by atoms with Gasteiger partial charge in [-0.1, -0.05) is 34.1 Å². The summed E-state index contributed by atoms with van der Waals surface area (Å²) in [7, 11) is 0. The third-order valence-electron chi connectivity index (χ3n) is 2.70. The maximum Gasteiger partial charge on any atom is 0.416 e. The molecule has 0 aliphatic rings. The summed E-state index contributed by atoms with van der Waals surface area (Å²) in [6.45, 7) is 0. The van der Waals surface area contributed by atoms with Crippen LogP contribution in [0.25, 0.3) is 0 Å². The number of ketones is 1. The van der Waals surface area contributed by atoms with Gasteiger partial charge in [-0.15, -0.1) is 11.8 Å². The molecule has 0 spiro atoms. The van der Waals surface area contributed by atoms with Crippen LogP contribution in [0.15, 0.2) is 57.9 Å². The van der Waals surface area contributed by atoms with Crippen molar-refractivity contribution in [1.82, 2.24) is 0 Å². The Morgan fingerprint density at radius 1 is 1.10 bits per heavy atom. The summed E-state index contributed by atoms with van der Waals surface area (Å²) < 4.78 is 38.2. The van der Waals surface area contributed by atoms with E-state index in [-0.39, 0.29) is 17.1 Å². The Hall–Kier alpha value is -1.27. The number of benzene rings is 2. The Balaban J connectivity index is 2.00. The summed E-state index contributed by atoms with van der Waals surface area (Å²) in [5, 5.41) is 0. The van der Waals surface area contributed by atoms with E-state index in [1.165, 1.54) is 23.9 Å². The zero-order chi connectivity index (χ0) is 15.5. The second kappa shape index (κ2) is 6.66. The summed E-state index contributed by atoms with van der Waals surface area (Å²) >= 11 is 4.68. The van der Waals surface area contributed by atoms with Gasteiger partial charge in [-0.05, 0) is 30.3 Å². The molecule has 0 aliphatic carbocycles. The molecule has 1 nitrogen and oxygen atoms in total. The first kappa shape index (κ1) is 16.1. The molecule has 0 saturated carbocycles. The van der Waals surface area contributed by atoms with Crippen molar-refractivity contribution in [2.45, 2.75) is 11.1 Å². The number of Topliss-reactive ketones (excluding diaryl/α,β-unsaturated/α-hetero) is 1. The third-order valence-corrected chi connectivity index (χ3v) is 4.19. The quantitative estimate of drug-likeness (QED) is 0.523. The molecule has 0 heterocycles. The predicted molar refractivity (Wildman–Crippen MR) is 80.6 cm³/mol. The topological polar surface area (TPSA) is 17.1 Å². The summed E-state index contributed by atoms with van der Waals surface area (Å²) in [5.74, 6) is -0.0179. The lowest BCUT2D eigenvalue weighted by Gasteiger charge is -2.07. The SMILES string of the molecule is O=C(CSc1cccc(Br)c1)c1ccc(C(F)(F)F)cc1. The molecule has 0 amide bonds. The number of alkyl halides is 3. The number of halogens is 4. The fraction of sp³-hybridized carbons (Fsp3) is 0.133. The summed E-state index contributed by atoms with van der Waals surface area (Å²) in [5.41, 5.74) is -0.468. The van der Waals surface area contributed by atoms with Gasteiger partial charge in [0, 0.05) is 14.9 Å². The van der Waals surface area contributed by atoms with Crippen LogP contribution in [0.5, 0.6) is 0 Å². The highest BCUT2D eigenvalue weighted by Gasteiger charge is 2.30. The van der Waals surface area contributed by atoms with Crippen molar-refractivity contribution in [2.75, 3.05) is 5.75 Å². The Labute approximate surface area is 132 Å². The smallest absolute Gasteiger partial charge is 0.293 e. The van der Waals surface area contributed by atoms with E-state index in [4.69, 9.17) is 0 Å². The van der Waals surface area contributed by atoms with Gasteiger partial charge in [-0.3, -0.25) is 4.79 Å². The molecule has 0 N–H and O–H groups in total. The first-order chi connectivity index (χ1) is 9.86. The van der Waals surface area contributed by atoms with Crippen molar-refractivity contribution in [3.05, 3.63) is 64.1 Å². The van der Waals surface area contributed by atoms with Gasteiger partial charge in [0.05, 0.1) is 11.3 Å². The Bertz CT molecular complexity index is 638. The maximum absolute atomic E-state index is 12.4. The Morgan fingerprint density at radius 2 is 1.76 bits per heavy atom. The van der Waals surface area contributed by atoms with Gasteiger partial charge in [0.25, 0.3) is 0 Å². The second-order valence-corrected chi connectivity index (χ2v) is 6.21. The van der Waals surface area contributed by atoms with Crippen LogP contribution in [0, 0.1) is 0 Å². The lowest BCUT2D eigenvalue weighted by molar-refractivity contribution is -0.137. The number of carbonyl (C=O) groups excluding carboxylic acids is 1. The van der Waals surface area contributed by atoms with Crippen LogP contribution in [-0.4, -0.2) is 11.5 Å². The van der Waals surface area contributed by atoms with Crippen LogP contribution in [-0.2, 0) is 6.18 Å². The lowest BCUT2D eigenvalue weighted by Crippen LogP contribution is -2.07. The molecule has 0 radical (unpaired) electrons. The number of hydrogen-bond donors (Lipinski definition) is 0. The van der Waals surface area contributed by atoms with Crippen LogP contribution in [0.2, 0.25) is 0 Å². The van der Waals surface area contributed by atoms with Crippen LogP contribution < -0.4 is 0 Å². The van der Waals surface area contributed by atoms with Gasteiger partial charge in [-0.2, -0.15) is 13.2 Å².